The van der Waals surface area contributed by atoms with Gasteiger partial charge in [-0.2, -0.15) is 0 Å². The molecule has 0 aromatic carbocycles. The van der Waals surface area contributed by atoms with Gasteiger partial charge in [0.25, 0.3) is 0 Å². The Bertz CT molecular complexity index is 424. The molecule has 0 aliphatic carbocycles. The smallest absolute Gasteiger partial charge is 0.225 e. The quantitative estimate of drug-likeness (QED) is 0.881. The van der Waals surface area contributed by atoms with Crippen molar-refractivity contribution in [2.45, 2.75) is 45.6 Å². The highest BCUT2D eigenvalue weighted by atomic mass is 15.3. The zero-order valence-corrected chi connectivity index (χ0v) is 11.2. The lowest BCUT2D eigenvalue weighted by Gasteiger charge is -2.23. The van der Waals surface area contributed by atoms with Crippen LogP contribution in [0, 0.1) is 0 Å². The van der Waals surface area contributed by atoms with Crippen LogP contribution in [0.25, 0.3) is 0 Å². The third-order valence-electron chi connectivity index (χ3n) is 3.88. The summed E-state index contributed by atoms with van der Waals surface area (Å²) >= 11 is 0. The highest BCUT2D eigenvalue weighted by Crippen LogP contribution is 2.22. The molecule has 4 heteroatoms. The van der Waals surface area contributed by atoms with Crippen molar-refractivity contribution in [3.63, 3.8) is 0 Å². The Labute approximate surface area is 109 Å². The van der Waals surface area contributed by atoms with Gasteiger partial charge in [-0.25, -0.2) is 9.97 Å². The van der Waals surface area contributed by atoms with E-state index in [1.165, 1.54) is 29.8 Å². The molecule has 1 fully saturated rings. The molecule has 3 rings (SSSR count). The van der Waals surface area contributed by atoms with Crippen LogP contribution in [0.15, 0.2) is 0 Å². The Balaban J connectivity index is 1.97. The number of aromatic nitrogens is 2. The Kier molecular flexibility index (Phi) is 3.46. The van der Waals surface area contributed by atoms with E-state index in [-0.39, 0.29) is 0 Å². The van der Waals surface area contributed by atoms with Gasteiger partial charge in [-0.15, -0.1) is 0 Å². The number of nitrogens with zero attached hydrogens (tertiary/aromatic N) is 3. The first-order valence-corrected chi connectivity index (χ1v) is 7.23. The van der Waals surface area contributed by atoms with Gasteiger partial charge in [-0.3, -0.25) is 0 Å². The van der Waals surface area contributed by atoms with Gasteiger partial charge in [0.2, 0.25) is 5.95 Å². The maximum atomic E-state index is 4.83. The van der Waals surface area contributed by atoms with Crippen molar-refractivity contribution in [3.8, 4) is 0 Å². The topological polar surface area (TPSA) is 41.1 Å². The Morgan fingerprint density at radius 3 is 2.83 bits per heavy atom. The van der Waals surface area contributed by atoms with E-state index in [0.717, 1.165) is 51.4 Å². The maximum absolute atomic E-state index is 4.83. The lowest BCUT2D eigenvalue weighted by Crippen LogP contribution is -2.29. The molecule has 1 aromatic heterocycles. The van der Waals surface area contributed by atoms with E-state index < -0.39 is 0 Å². The Morgan fingerprint density at radius 2 is 2.06 bits per heavy atom. The minimum atomic E-state index is 0.949. The van der Waals surface area contributed by atoms with Crippen molar-refractivity contribution in [2.75, 3.05) is 24.5 Å². The summed E-state index contributed by atoms with van der Waals surface area (Å²) < 4.78 is 0. The summed E-state index contributed by atoms with van der Waals surface area (Å²) in [6.45, 7) is 6.48. The minimum Gasteiger partial charge on any atom is -0.341 e. The van der Waals surface area contributed by atoms with Gasteiger partial charge in [-0.1, -0.05) is 13.3 Å². The molecular formula is C14H22N4. The molecule has 0 spiro atoms. The zero-order valence-electron chi connectivity index (χ0n) is 11.2. The average Bonchev–Trinajstić information content (AvgIpc) is 2.93. The molecule has 1 aromatic rings. The predicted octanol–water partition coefficient (Wildman–Crippen LogP) is 1.67. The molecule has 98 valence electrons. The van der Waals surface area contributed by atoms with Crippen LogP contribution in [0.1, 0.15) is 43.1 Å². The fraction of sp³-hybridized carbons (Fsp3) is 0.714. The SMILES string of the molecule is CCCc1nc(N2CCCC2)nc2c1CNCC2. The van der Waals surface area contributed by atoms with Gasteiger partial charge in [0.15, 0.2) is 0 Å². The molecule has 0 atom stereocenters. The number of hydrogen-bond acceptors (Lipinski definition) is 4. The lowest BCUT2D eigenvalue weighted by atomic mass is 10.0. The van der Waals surface area contributed by atoms with Gasteiger partial charge in [0.05, 0.1) is 11.4 Å². The predicted molar refractivity (Wildman–Crippen MR) is 72.9 cm³/mol. The fourth-order valence-electron chi connectivity index (χ4n) is 2.90. The van der Waals surface area contributed by atoms with Crippen LogP contribution >= 0.6 is 0 Å². The van der Waals surface area contributed by atoms with E-state index in [2.05, 4.69) is 17.1 Å². The molecule has 0 radical (unpaired) electrons. The molecule has 1 saturated heterocycles. The molecule has 0 unspecified atom stereocenters. The number of fused-ring (bicyclic) bond motifs is 1. The largest absolute Gasteiger partial charge is 0.341 e. The number of aryl methyl sites for hydroxylation is 1. The third-order valence-corrected chi connectivity index (χ3v) is 3.88. The highest BCUT2D eigenvalue weighted by molar-refractivity contribution is 5.39. The van der Waals surface area contributed by atoms with Crippen molar-refractivity contribution < 1.29 is 0 Å². The molecule has 0 saturated carbocycles. The molecule has 18 heavy (non-hydrogen) atoms. The summed E-state index contributed by atoms with van der Waals surface area (Å²) in [7, 11) is 0. The minimum absolute atomic E-state index is 0.949. The molecule has 0 bridgehead atoms. The van der Waals surface area contributed by atoms with E-state index in [4.69, 9.17) is 9.97 Å². The summed E-state index contributed by atoms with van der Waals surface area (Å²) in [4.78, 5) is 12.0. The number of rotatable bonds is 3. The second-order valence-electron chi connectivity index (χ2n) is 5.27. The second-order valence-corrected chi connectivity index (χ2v) is 5.27. The molecule has 2 aliphatic heterocycles. The van der Waals surface area contributed by atoms with Crippen LogP contribution in [0.2, 0.25) is 0 Å². The lowest BCUT2D eigenvalue weighted by molar-refractivity contribution is 0.612. The van der Waals surface area contributed by atoms with Gasteiger partial charge in [0.1, 0.15) is 0 Å². The van der Waals surface area contributed by atoms with Crippen molar-refractivity contribution >= 4 is 5.95 Å². The molecule has 0 amide bonds. The van der Waals surface area contributed by atoms with Crippen LogP contribution in [-0.4, -0.2) is 29.6 Å². The number of hydrogen-bond donors (Lipinski definition) is 1. The van der Waals surface area contributed by atoms with Crippen molar-refractivity contribution in [1.29, 1.82) is 0 Å². The molecule has 4 nitrogen and oxygen atoms in total. The van der Waals surface area contributed by atoms with Gasteiger partial charge in [-0.05, 0) is 19.3 Å². The summed E-state index contributed by atoms with van der Waals surface area (Å²) in [6.07, 6.45) is 5.85. The zero-order chi connectivity index (χ0) is 12.4. The number of anilines is 1. The number of nitrogens with one attached hydrogen (secondary N) is 1. The standard InChI is InChI=1S/C14H22N4/c1-2-5-12-11-10-15-7-6-13(11)17-14(16-12)18-8-3-4-9-18/h15H,2-10H2,1H3. The van der Waals surface area contributed by atoms with Gasteiger partial charge >= 0.3 is 0 Å². The van der Waals surface area contributed by atoms with Crippen LogP contribution in [-0.2, 0) is 19.4 Å². The summed E-state index contributed by atoms with van der Waals surface area (Å²) in [5.41, 5.74) is 3.93. The van der Waals surface area contributed by atoms with Crippen LogP contribution in [0.4, 0.5) is 5.95 Å². The normalized spacial score (nSPS) is 19.1. The van der Waals surface area contributed by atoms with E-state index >= 15 is 0 Å². The fourth-order valence-corrected chi connectivity index (χ4v) is 2.90. The third kappa shape index (κ3) is 2.21. The second kappa shape index (κ2) is 5.22. The van der Waals surface area contributed by atoms with Crippen LogP contribution in [0.3, 0.4) is 0 Å². The van der Waals surface area contributed by atoms with Crippen LogP contribution in [0.5, 0.6) is 0 Å². The first-order valence-electron chi connectivity index (χ1n) is 7.23. The maximum Gasteiger partial charge on any atom is 0.225 e. The molecule has 3 heterocycles. The summed E-state index contributed by atoms with van der Waals surface area (Å²) in [6, 6.07) is 0. The summed E-state index contributed by atoms with van der Waals surface area (Å²) in [5, 5.41) is 3.44. The van der Waals surface area contributed by atoms with Crippen LogP contribution < -0.4 is 10.2 Å². The van der Waals surface area contributed by atoms with E-state index in [1.807, 2.05) is 0 Å². The van der Waals surface area contributed by atoms with Crippen molar-refractivity contribution in [3.05, 3.63) is 17.0 Å². The molecular weight excluding hydrogens is 224 g/mol. The molecule has 1 N–H and O–H groups in total. The monoisotopic (exact) mass is 246 g/mol. The van der Waals surface area contributed by atoms with Crippen molar-refractivity contribution in [2.24, 2.45) is 0 Å². The van der Waals surface area contributed by atoms with E-state index in [1.54, 1.807) is 0 Å². The van der Waals surface area contributed by atoms with Crippen molar-refractivity contribution in [1.82, 2.24) is 15.3 Å². The van der Waals surface area contributed by atoms with Gasteiger partial charge in [0, 0.05) is 38.2 Å². The highest BCUT2D eigenvalue weighted by Gasteiger charge is 2.21. The Hall–Kier alpha value is -1.16. The van der Waals surface area contributed by atoms with E-state index in [0.29, 0.717) is 0 Å². The van der Waals surface area contributed by atoms with Gasteiger partial charge < -0.3 is 10.2 Å². The first-order chi connectivity index (χ1) is 8.88. The average molecular weight is 246 g/mol. The Morgan fingerprint density at radius 1 is 1.22 bits per heavy atom. The first kappa shape index (κ1) is 11.9. The molecule has 2 aliphatic rings. The summed E-state index contributed by atoms with van der Waals surface area (Å²) in [5.74, 6) is 0.983. The van der Waals surface area contributed by atoms with E-state index in [9.17, 15) is 0 Å².